The Morgan fingerprint density at radius 1 is 1.05 bits per heavy atom. The van der Waals surface area contributed by atoms with E-state index in [9.17, 15) is 17.2 Å². The SMILES string of the molecule is Cc1ccc(NS(=O)(=O)c2cc(F)cc(F)c2)cc1N. The number of rotatable bonds is 3. The van der Waals surface area contributed by atoms with Gasteiger partial charge >= 0.3 is 0 Å². The van der Waals surface area contributed by atoms with Gasteiger partial charge in [0.15, 0.2) is 0 Å². The van der Waals surface area contributed by atoms with Gasteiger partial charge in [0.25, 0.3) is 10.0 Å². The molecule has 2 aromatic carbocycles. The lowest BCUT2D eigenvalue weighted by molar-refractivity contribution is 0.568. The Balaban J connectivity index is 2.37. The van der Waals surface area contributed by atoms with Gasteiger partial charge in [0.05, 0.1) is 10.6 Å². The molecule has 0 atom stereocenters. The predicted molar refractivity (Wildman–Crippen MR) is 72.8 cm³/mol. The molecule has 0 aliphatic heterocycles. The Morgan fingerprint density at radius 2 is 1.65 bits per heavy atom. The number of halogens is 2. The lowest BCUT2D eigenvalue weighted by Gasteiger charge is -2.10. The first-order valence-corrected chi connectivity index (χ1v) is 7.11. The van der Waals surface area contributed by atoms with Gasteiger partial charge in [-0.1, -0.05) is 6.07 Å². The average molecular weight is 298 g/mol. The molecule has 0 unspecified atom stereocenters. The molecule has 0 heterocycles. The molecule has 0 radical (unpaired) electrons. The summed E-state index contributed by atoms with van der Waals surface area (Å²) in [7, 11) is -4.07. The second-order valence-corrected chi connectivity index (χ2v) is 5.96. The third kappa shape index (κ3) is 3.05. The van der Waals surface area contributed by atoms with Crippen LogP contribution in [0, 0.1) is 18.6 Å². The zero-order valence-corrected chi connectivity index (χ0v) is 11.3. The first-order valence-electron chi connectivity index (χ1n) is 5.63. The van der Waals surface area contributed by atoms with Crippen molar-refractivity contribution in [3.8, 4) is 0 Å². The minimum atomic E-state index is -4.07. The lowest BCUT2D eigenvalue weighted by atomic mass is 10.2. The number of nitrogen functional groups attached to an aromatic ring is 1. The van der Waals surface area contributed by atoms with E-state index in [2.05, 4.69) is 4.72 Å². The van der Waals surface area contributed by atoms with Crippen LogP contribution in [-0.2, 0) is 10.0 Å². The summed E-state index contributed by atoms with van der Waals surface area (Å²) in [5.41, 5.74) is 7.10. The van der Waals surface area contributed by atoms with Gasteiger partial charge in [-0.05, 0) is 36.8 Å². The predicted octanol–water partition coefficient (Wildman–Crippen LogP) is 2.66. The highest BCUT2D eigenvalue weighted by Crippen LogP contribution is 2.21. The highest BCUT2D eigenvalue weighted by Gasteiger charge is 2.16. The molecule has 0 aliphatic rings. The van der Waals surface area contributed by atoms with Crippen molar-refractivity contribution in [1.29, 1.82) is 0 Å². The molecule has 106 valence electrons. The summed E-state index contributed by atoms with van der Waals surface area (Å²) in [6.45, 7) is 1.77. The lowest BCUT2D eigenvalue weighted by Crippen LogP contribution is -2.13. The van der Waals surface area contributed by atoms with Crippen molar-refractivity contribution in [3.05, 3.63) is 53.6 Å². The van der Waals surface area contributed by atoms with Crippen LogP contribution in [0.1, 0.15) is 5.56 Å². The number of benzene rings is 2. The molecule has 0 aromatic heterocycles. The van der Waals surface area contributed by atoms with E-state index in [0.717, 1.165) is 17.7 Å². The molecule has 0 aliphatic carbocycles. The van der Waals surface area contributed by atoms with Crippen molar-refractivity contribution in [2.45, 2.75) is 11.8 Å². The highest BCUT2D eigenvalue weighted by molar-refractivity contribution is 7.92. The van der Waals surface area contributed by atoms with E-state index in [1.165, 1.54) is 12.1 Å². The molecule has 0 bridgehead atoms. The van der Waals surface area contributed by atoms with Crippen LogP contribution in [0.15, 0.2) is 41.3 Å². The molecule has 3 N–H and O–H groups in total. The topological polar surface area (TPSA) is 72.2 Å². The standard InChI is InChI=1S/C13H12F2N2O2S/c1-8-2-3-11(7-13(8)16)17-20(18,19)12-5-9(14)4-10(15)6-12/h2-7,17H,16H2,1H3. The molecular weight excluding hydrogens is 286 g/mol. The smallest absolute Gasteiger partial charge is 0.262 e. The van der Waals surface area contributed by atoms with E-state index in [0.29, 0.717) is 11.8 Å². The fourth-order valence-electron chi connectivity index (χ4n) is 1.60. The van der Waals surface area contributed by atoms with Crippen LogP contribution in [0.2, 0.25) is 0 Å². The normalized spacial score (nSPS) is 11.3. The molecular formula is C13H12F2N2O2S. The largest absolute Gasteiger partial charge is 0.398 e. The van der Waals surface area contributed by atoms with Crippen LogP contribution >= 0.6 is 0 Å². The maximum absolute atomic E-state index is 13.1. The Bertz CT molecular complexity index is 741. The van der Waals surface area contributed by atoms with Crippen LogP contribution in [-0.4, -0.2) is 8.42 Å². The van der Waals surface area contributed by atoms with Crippen molar-refractivity contribution in [3.63, 3.8) is 0 Å². The van der Waals surface area contributed by atoms with E-state index in [-0.39, 0.29) is 5.69 Å². The van der Waals surface area contributed by atoms with Gasteiger partial charge in [0.1, 0.15) is 11.6 Å². The Kier molecular flexibility index (Phi) is 3.63. The fourth-order valence-corrected chi connectivity index (χ4v) is 2.69. The monoisotopic (exact) mass is 298 g/mol. The molecule has 7 heteroatoms. The van der Waals surface area contributed by atoms with Gasteiger partial charge in [-0.2, -0.15) is 0 Å². The van der Waals surface area contributed by atoms with Gasteiger partial charge in [-0.3, -0.25) is 4.72 Å². The van der Waals surface area contributed by atoms with Crippen molar-refractivity contribution in [1.82, 2.24) is 0 Å². The number of sulfonamides is 1. The van der Waals surface area contributed by atoms with E-state index in [1.54, 1.807) is 13.0 Å². The van der Waals surface area contributed by atoms with E-state index in [4.69, 9.17) is 5.73 Å². The summed E-state index contributed by atoms with van der Waals surface area (Å²) >= 11 is 0. The van der Waals surface area contributed by atoms with Crippen molar-refractivity contribution >= 4 is 21.4 Å². The van der Waals surface area contributed by atoms with Crippen LogP contribution in [0.3, 0.4) is 0 Å². The van der Waals surface area contributed by atoms with Crippen LogP contribution in [0.4, 0.5) is 20.2 Å². The van der Waals surface area contributed by atoms with E-state index >= 15 is 0 Å². The second-order valence-electron chi connectivity index (χ2n) is 4.28. The fraction of sp³-hybridized carbons (Fsp3) is 0.0769. The Morgan fingerprint density at radius 3 is 2.20 bits per heavy atom. The number of hydrogen-bond donors (Lipinski definition) is 2. The summed E-state index contributed by atoms with van der Waals surface area (Å²) in [5.74, 6) is -1.93. The summed E-state index contributed by atoms with van der Waals surface area (Å²) in [6, 6.07) is 6.66. The maximum atomic E-state index is 13.1. The van der Waals surface area contributed by atoms with E-state index < -0.39 is 26.6 Å². The molecule has 0 saturated carbocycles. The third-order valence-corrected chi connectivity index (χ3v) is 4.04. The number of nitrogens with one attached hydrogen (secondary N) is 1. The van der Waals surface area contributed by atoms with Gasteiger partial charge in [0, 0.05) is 11.8 Å². The second kappa shape index (κ2) is 5.09. The molecule has 0 saturated heterocycles. The number of aryl methyl sites for hydroxylation is 1. The maximum Gasteiger partial charge on any atom is 0.262 e. The first-order chi connectivity index (χ1) is 9.28. The van der Waals surface area contributed by atoms with Crippen LogP contribution in [0.5, 0.6) is 0 Å². The Hall–Kier alpha value is -2.15. The molecule has 4 nitrogen and oxygen atoms in total. The third-order valence-electron chi connectivity index (χ3n) is 2.68. The zero-order valence-electron chi connectivity index (χ0n) is 10.5. The quantitative estimate of drug-likeness (QED) is 0.856. The minimum absolute atomic E-state index is 0.220. The summed E-state index contributed by atoms with van der Waals surface area (Å²) < 4.78 is 52.4. The van der Waals surface area contributed by atoms with Crippen molar-refractivity contribution in [2.75, 3.05) is 10.5 Å². The number of hydrogen-bond acceptors (Lipinski definition) is 3. The minimum Gasteiger partial charge on any atom is -0.398 e. The molecule has 0 fully saturated rings. The number of nitrogens with two attached hydrogens (primary N) is 1. The summed E-state index contributed by atoms with van der Waals surface area (Å²) in [4.78, 5) is -0.492. The van der Waals surface area contributed by atoms with Crippen LogP contribution in [0.25, 0.3) is 0 Å². The van der Waals surface area contributed by atoms with Gasteiger partial charge in [0.2, 0.25) is 0 Å². The van der Waals surface area contributed by atoms with E-state index in [1.807, 2.05) is 0 Å². The Labute approximate surface area is 115 Å². The molecule has 0 amide bonds. The molecule has 0 spiro atoms. The van der Waals surface area contributed by atoms with Crippen molar-refractivity contribution in [2.24, 2.45) is 0 Å². The zero-order chi connectivity index (χ0) is 14.9. The summed E-state index contributed by atoms with van der Waals surface area (Å²) in [5, 5.41) is 0. The molecule has 2 aromatic rings. The molecule has 20 heavy (non-hydrogen) atoms. The average Bonchev–Trinajstić information content (AvgIpc) is 2.32. The van der Waals surface area contributed by atoms with Crippen molar-refractivity contribution < 1.29 is 17.2 Å². The van der Waals surface area contributed by atoms with Gasteiger partial charge in [-0.25, -0.2) is 17.2 Å². The van der Waals surface area contributed by atoms with Gasteiger partial charge < -0.3 is 5.73 Å². The van der Waals surface area contributed by atoms with Gasteiger partial charge in [-0.15, -0.1) is 0 Å². The number of anilines is 2. The highest BCUT2D eigenvalue weighted by atomic mass is 32.2. The van der Waals surface area contributed by atoms with Crippen LogP contribution < -0.4 is 10.5 Å². The first kappa shape index (κ1) is 14.3. The summed E-state index contributed by atoms with van der Waals surface area (Å²) in [6.07, 6.45) is 0. The molecule has 2 rings (SSSR count).